The van der Waals surface area contributed by atoms with Crippen molar-refractivity contribution in [3.8, 4) is 0 Å². The Morgan fingerprint density at radius 1 is 1.35 bits per heavy atom. The van der Waals surface area contributed by atoms with Crippen LogP contribution in [0.4, 0.5) is 17.6 Å². The predicted octanol–water partition coefficient (Wildman–Crippen LogP) is 2.69. The number of carboxylic acids is 1. The summed E-state index contributed by atoms with van der Waals surface area (Å²) in [6.45, 7) is -2.52. The third-order valence-corrected chi connectivity index (χ3v) is 2.87. The van der Waals surface area contributed by atoms with E-state index in [1.807, 2.05) is 0 Å². The number of nitrogens with one attached hydrogen (secondary N) is 1. The molecule has 5 nitrogen and oxygen atoms in total. The molecule has 1 aromatic rings. The van der Waals surface area contributed by atoms with Crippen molar-refractivity contribution in [3.63, 3.8) is 0 Å². The molecule has 0 fully saturated rings. The molecule has 128 valence electrons. The Morgan fingerprint density at radius 2 is 2.00 bits per heavy atom. The van der Waals surface area contributed by atoms with Crippen LogP contribution in [0, 0.1) is 5.82 Å². The molecule has 0 bridgehead atoms. The zero-order chi connectivity index (χ0) is 17.6. The summed E-state index contributed by atoms with van der Waals surface area (Å²) in [6, 6.07) is 2.28. The smallest absolute Gasteiger partial charge is 0.411 e. The summed E-state index contributed by atoms with van der Waals surface area (Å²) in [4.78, 5) is 22.3. The molecule has 0 aliphatic heterocycles. The fourth-order valence-corrected chi connectivity index (χ4v) is 1.77. The Balaban J connectivity index is 2.72. The Bertz CT molecular complexity index is 580. The highest BCUT2D eigenvalue weighted by molar-refractivity contribution is 6.30. The normalized spacial score (nSPS) is 12.7. The average molecular weight is 358 g/mol. The number of halogens is 5. The first-order valence-electron chi connectivity index (χ1n) is 6.19. The molecule has 1 unspecified atom stereocenters. The monoisotopic (exact) mass is 357 g/mol. The van der Waals surface area contributed by atoms with Crippen LogP contribution in [-0.2, 0) is 14.3 Å². The van der Waals surface area contributed by atoms with Crippen LogP contribution < -0.4 is 5.32 Å². The van der Waals surface area contributed by atoms with Crippen molar-refractivity contribution in [1.29, 1.82) is 0 Å². The van der Waals surface area contributed by atoms with Gasteiger partial charge in [-0.15, -0.1) is 0 Å². The second kappa shape index (κ2) is 8.11. The molecule has 1 atom stereocenters. The van der Waals surface area contributed by atoms with Gasteiger partial charge in [-0.1, -0.05) is 17.7 Å². The van der Waals surface area contributed by atoms with Gasteiger partial charge in [0.2, 0.25) is 5.91 Å². The summed E-state index contributed by atoms with van der Waals surface area (Å²) in [7, 11) is 0. The number of rotatable bonds is 7. The third kappa shape index (κ3) is 7.29. The molecule has 0 saturated carbocycles. The number of benzene rings is 1. The van der Waals surface area contributed by atoms with Gasteiger partial charge >= 0.3 is 12.1 Å². The number of carbonyl (C=O) groups is 2. The molecular weight excluding hydrogens is 346 g/mol. The van der Waals surface area contributed by atoms with Gasteiger partial charge in [0.05, 0.1) is 17.5 Å². The molecular formula is C13H12ClF4NO4. The molecule has 10 heteroatoms. The van der Waals surface area contributed by atoms with Crippen molar-refractivity contribution in [2.24, 2.45) is 0 Å². The molecule has 0 aliphatic rings. The van der Waals surface area contributed by atoms with E-state index in [4.69, 9.17) is 16.7 Å². The summed E-state index contributed by atoms with van der Waals surface area (Å²) in [5.74, 6) is -3.07. The van der Waals surface area contributed by atoms with E-state index in [-0.39, 0.29) is 10.6 Å². The first-order valence-corrected chi connectivity index (χ1v) is 6.57. The lowest BCUT2D eigenvalue weighted by Crippen LogP contribution is -2.34. The third-order valence-electron chi connectivity index (χ3n) is 2.56. The molecule has 0 heterocycles. The minimum Gasteiger partial charge on any atom is -0.481 e. The van der Waals surface area contributed by atoms with Gasteiger partial charge in [0.25, 0.3) is 0 Å². The number of aliphatic carboxylic acids is 1. The van der Waals surface area contributed by atoms with E-state index in [9.17, 15) is 27.2 Å². The van der Waals surface area contributed by atoms with Crippen molar-refractivity contribution in [3.05, 3.63) is 34.6 Å². The van der Waals surface area contributed by atoms with Crippen molar-refractivity contribution in [2.45, 2.75) is 18.6 Å². The average Bonchev–Trinajstić information content (AvgIpc) is 2.39. The molecule has 2 N–H and O–H groups in total. The molecule has 0 aliphatic carbocycles. The second-order valence-electron chi connectivity index (χ2n) is 4.50. The molecule has 1 rings (SSSR count). The van der Waals surface area contributed by atoms with Crippen LogP contribution in [0.25, 0.3) is 0 Å². The summed E-state index contributed by atoms with van der Waals surface area (Å²) in [5, 5.41) is 10.8. The van der Waals surface area contributed by atoms with Crippen LogP contribution in [0.15, 0.2) is 18.2 Å². The summed E-state index contributed by atoms with van der Waals surface area (Å²) >= 11 is 5.50. The van der Waals surface area contributed by atoms with Gasteiger partial charge in [-0.05, 0) is 17.7 Å². The Labute approximate surface area is 133 Å². The maximum absolute atomic E-state index is 13.4. The zero-order valence-electron chi connectivity index (χ0n) is 11.5. The number of hydrogen-bond donors (Lipinski definition) is 2. The molecule has 23 heavy (non-hydrogen) atoms. The molecule has 1 amide bonds. The van der Waals surface area contributed by atoms with Crippen molar-refractivity contribution < 1.29 is 37.0 Å². The van der Waals surface area contributed by atoms with E-state index < -0.39 is 49.5 Å². The Hall–Kier alpha value is -1.87. The van der Waals surface area contributed by atoms with Crippen LogP contribution in [0.5, 0.6) is 0 Å². The number of alkyl halides is 3. The fourth-order valence-electron chi connectivity index (χ4n) is 1.65. The minimum atomic E-state index is -4.58. The van der Waals surface area contributed by atoms with Crippen molar-refractivity contribution >= 4 is 23.5 Å². The van der Waals surface area contributed by atoms with E-state index in [2.05, 4.69) is 10.1 Å². The minimum absolute atomic E-state index is 0.110. The Kier molecular flexibility index (Phi) is 6.77. The topological polar surface area (TPSA) is 75.6 Å². The number of carbonyl (C=O) groups excluding carboxylic acids is 1. The second-order valence-corrected chi connectivity index (χ2v) is 4.91. The lowest BCUT2D eigenvalue weighted by molar-refractivity contribution is -0.175. The predicted molar refractivity (Wildman–Crippen MR) is 71.4 cm³/mol. The fraction of sp³-hybridized carbons (Fsp3) is 0.385. The van der Waals surface area contributed by atoms with Crippen LogP contribution in [0.3, 0.4) is 0 Å². The van der Waals surface area contributed by atoms with Gasteiger partial charge in [-0.3, -0.25) is 9.59 Å². The molecule has 0 saturated heterocycles. The molecule has 0 aromatic heterocycles. The number of ether oxygens (including phenoxy) is 1. The maximum atomic E-state index is 13.4. The van der Waals surface area contributed by atoms with Crippen LogP contribution >= 0.6 is 11.6 Å². The Morgan fingerprint density at radius 3 is 2.52 bits per heavy atom. The highest BCUT2D eigenvalue weighted by atomic mass is 35.5. The quantitative estimate of drug-likeness (QED) is 0.736. The summed E-state index contributed by atoms with van der Waals surface area (Å²) in [6.07, 6.45) is -5.17. The number of carboxylic acid groups (broad SMARTS) is 1. The molecule has 0 spiro atoms. The largest absolute Gasteiger partial charge is 0.481 e. The first kappa shape index (κ1) is 19.2. The van der Waals surface area contributed by atoms with E-state index in [0.717, 1.165) is 6.07 Å². The zero-order valence-corrected chi connectivity index (χ0v) is 12.2. The highest BCUT2D eigenvalue weighted by Crippen LogP contribution is 2.22. The molecule has 1 aromatic carbocycles. The van der Waals surface area contributed by atoms with E-state index >= 15 is 0 Å². The summed E-state index contributed by atoms with van der Waals surface area (Å²) in [5.41, 5.74) is 0.110. The molecule has 0 radical (unpaired) electrons. The summed E-state index contributed by atoms with van der Waals surface area (Å²) < 4.78 is 53.3. The van der Waals surface area contributed by atoms with Gasteiger partial charge in [0, 0.05) is 0 Å². The van der Waals surface area contributed by atoms with Crippen LogP contribution in [0.2, 0.25) is 5.02 Å². The standard InChI is InChI=1S/C13H12ClF4NO4/c14-8-2-1-7(3-9(8)15)10(4-12(21)22)19-11(20)5-23-6-13(16,17)18/h1-3,10H,4-6H2,(H,19,20)(H,21,22). The van der Waals surface area contributed by atoms with E-state index in [0.29, 0.717) is 0 Å². The first-order chi connectivity index (χ1) is 10.6. The van der Waals surface area contributed by atoms with Gasteiger partial charge in [0.15, 0.2) is 0 Å². The number of hydrogen-bond acceptors (Lipinski definition) is 3. The van der Waals surface area contributed by atoms with Gasteiger partial charge in [-0.2, -0.15) is 13.2 Å². The van der Waals surface area contributed by atoms with Crippen molar-refractivity contribution in [2.75, 3.05) is 13.2 Å². The maximum Gasteiger partial charge on any atom is 0.411 e. The van der Waals surface area contributed by atoms with Crippen molar-refractivity contribution in [1.82, 2.24) is 5.32 Å². The van der Waals surface area contributed by atoms with E-state index in [1.165, 1.54) is 12.1 Å². The van der Waals surface area contributed by atoms with Gasteiger partial charge < -0.3 is 15.2 Å². The highest BCUT2D eigenvalue weighted by Gasteiger charge is 2.28. The lowest BCUT2D eigenvalue weighted by atomic mass is 10.0. The number of amides is 1. The SMILES string of the molecule is O=C(O)CC(NC(=O)COCC(F)(F)F)c1ccc(Cl)c(F)c1. The van der Waals surface area contributed by atoms with Gasteiger partial charge in [-0.25, -0.2) is 4.39 Å². The van der Waals surface area contributed by atoms with Crippen LogP contribution in [-0.4, -0.2) is 36.4 Å². The lowest BCUT2D eigenvalue weighted by Gasteiger charge is -2.18. The van der Waals surface area contributed by atoms with Gasteiger partial charge in [0.1, 0.15) is 19.0 Å². The van der Waals surface area contributed by atoms with Crippen LogP contribution in [0.1, 0.15) is 18.0 Å². The van der Waals surface area contributed by atoms with E-state index in [1.54, 1.807) is 0 Å².